The number of rotatable bonds is 9. The van der Waals surface area contributed by atoms with Crippen LogP contribution in [0.5, 0.6) is 0 Å². The van der Waals surface area contributed by atoms with Gasteiger partial charge in [-0.15, -0.1) is 5.10 Å². The van der Waals surface area contributed by atoms with E-state index in [1.165, 1.54) is 0 Å². The fourth-order valence-corrected chi connectivity index (χ4v) is 9.73. The van der Waals surface area contributed by atoms with Crippen molar-refractivity contribution in [1.82, 2.24) is 15.0 Å². The third-order valence-electron chi connectivity index (χ3n) is 8.84. The number of aliphatic hydroxyl groups is 1. The molecular weight excluding hydrogens is 593 g/mol. The van der Waals surface area contributed by atoms with Gasteiger partial charge < -0.3 is 23.6 Å². The van der Waals surface area contributed by atoms with Crippen LogP contribution in [-0.4, -0.2) is 66.4 Å². The zero-order valence-electron chi connectivity index (χ0n) is 24.4. The molecule has 0 aliphatic carbocycles. The van der Waals surface area contributed by atoms with Crippen molar-refractivity contribution >= 4 is 43.4 Å². The van der Waals surface area contributed by atoms with Crippen LogP contribution in [0.25, 0.3) is 0 Å². The number of anilines is 2. The number of halogens is 2. The molecule has 1 aromatic heterocycles. The minimum Gasteiger partial charge on any atom is -0.447 e. The van der Waals surface area contributed by atoms with Gasteiger partial charge in [0.15, 0.2) is 5.60 Å². The van der Waals surface area contributed by atoms with Crippen molar-refractivity contribution in [2.45, 2.75) is 63.2 Å². The normalized spacial score (nSPS) is 25.2. The quantitative estimate of drug-likeness (QED) is 0.267. The molecule has 3 aliphatic heterocycles. The van der Waals surface area contributed by atoms with E-state index < -0.39 is 37.7 Å². The molecule has 3 aromatic rings. The van der Waals surface area contributed by atoms with Crippen LogP contribution in [0.3, 0.4) is 0 Å². The van der Waals surface area contributed by atoms with Crippen LogP contribution in [0.4, 0.5) is 20.3 Å². The average Bonchev–Trinajstić information content (AvgIpc) is 3.71. The molecule has 4 heterocycles. The van der Waals surface area contributed by atoms with Crippen molar-refractivity contribution in [2.75, 3.05) is 29.6 Å². The van der Waals surface area contributed by atoms with E-state index in [4.69, 9.17) is 21.1 Å². The molecule has 10 nitrogen and oxygen atoms in total. The summed E-state index contributed by atoms with van der Waals surface area (Å²) in [6, 6.07) is 12.8. The van der Waals surface area contributed by atoms with Gasteiger partial charge in [-0.2, -0.15) is 0 Å². The fraction of sp³-hybridized carbons (Fsp3) is 0.467. The van der Waals surface area contributed by atoms with Crippen molar-refractivity contribution in [3.63, 3.8) is 0 Å². The highest BCUT2D eigenvalue weighted by Crippen LogP contribution is 2.60. The summed E-state index contributed by atoms with van der Waals surface area (Å²) in [6.45, 7) is 6.69. The van der Waals surface area contributed by atoms with Crippen LogP contribution in [0.2, 0.25) is 23.7 Å². The summed E-state index contributed by atoms with van der Waals surface area (Å²) in [5.41, 5.74) is 1.66. The van der Waals surface area contributed by atoms with Gasteiger partial charge in [-0.25, -0.2) is 4.79 Å². The number of cyclic esters (lactones) is 1. The van der Waals surface area contributed by atoms with Gasteiger partial charge in [0, 0.05) is 53.5 Å². The first kappa shape index (κ1) is 29.7. The first-order valence-electron chi connectivity index (χ1n) is 14.5. The van der Waals surface area contributed by atoms with Crippen LogP contribution in [0.1, 0.15) is 30.2 Å². The second-order valence-corrected chi connectivity index (χ2v) is 16.2. The zero-order valence-corrected chi connectivity index (χ0v) is 26.1. The lowest BCUT2D eigenvalue weighted by atomic mass is 9.82. The summed E-state index contributed by atoms with van der Waals surface area (Å²) in [5.74, 6) is -0.703. The zero-order chi connectivity index (χ0) is 30.5. The van der Waals surface area contributed by atoms with Gasteiger partial charge in [0.25, 0.3) is 5.91 Å². The van der Waals surface area contributed by atoms with E-state index in [1.54, 1.807) is 45.9 Å². The van der Waals surface area contributed by atoms with Gasteiger partial charge in [0.05, 0.1) is 30.6 Å². The molecule has 0 radical (unpaired) electrons. The summed E-state index contributed by atoms with van der Waals surface area (Å²) < 4.78 is 29.7. The molecule has 6 rings (SSSR count). The van der Waals surface area contributed by atoms with Crippen LogP contribution < -0.4 is 9.80 Å². The summed E-state index contributed by atoms with van der Waals surface area (Å²) in [5, 5.41) is 17.9. The van der Waals surface area contributed by atoms with E-state index >= 15 is 4.11 Å². The standard InChI is InChI=1S/C30H35ClFN5O5Si/c1-19-27(43(2,3)32)26(9-11-35-18-22(10-13-38)33-34-35)42-30(19)24-16-21(31)7-8-25(24)37(28(30)39)17-20-5-4-6-23(15-20)36-12-14-41-29(36)40/h4-8,15-16,18-19,26-27,38H,9-14,17H2,1-3H3/t19-,26+,27-,30+/m1/s1. The molecule has 2 amide bonds. The monoisotopic (exact) mass is 627 g/mol. The lowest BCUT2D eigenvalue weighted by molar-refractivity contribution is -0.146. The van der Waals surface area contributed by atoms with E-state index in [0.717, 1.165) is 5.56 Å². The number of nitrogens with zero attached hydrogens (tertiary/aromatic N) is 5. The Hall–Kier alpha value is -3.32. The summed E-state index contributed by atoms with van der Waals surface area (Å²) in [4.78, 5) is 30.0. The van der Waals surface area contributed by atoms with E-state index in [9.17, 15) is 14.7 Å². The first-order valence-corrected chi connectivity index (χ1v) is 17.9. The number of aliphatic hydroxyl groups excluding tert-OH is 1. The van der Waals surface area contributed by atoms with Gasteiger partial charge in [0.2, 0.25) is 8.41 Å². The summed E-state index contributed by atoms with van der Waals surface area (Å²) in [7, 11) is -3.34. The molecule has 2 aromatic carbocycles. The molecule has 0 bridgehead atoms. The van der Waals surface area contributed by atoms with Gasteiger partial charge in [-0.05, 0) is 55.4 Å². The fourth-order valence-electron chi connectivity index (χ4n) is 7.02. The number of aromatic nitrogens is 3. The molecule has 0 saturated carbocycles. The minimum atomic E-state index is -3.34. The number of amides is 2. The third kappa shape index (κ3) is 5.24. The predicted molar refractivity (Wildman–Crippen MR) is 161 cm³/mol. The van der Waals surface area contributed by atoms with Gasteiger partial charge in [0.1, 0.15) is 6.61 Å². The average molecular weight is 628 g/mol. The maximum atomic E-state index is 16.1. The van der Waals surface area contributed by atoms with Gasteiger partial charge in [-0.1, -0.05) is 35.9 Å². The van der Waals surface area contributed by atoms with Crippen LogP contribution >= 0.6 is 11.6 Å². The molecule has 228 valence electrons. The Morgan fingerprint density at radius 2 is 2.02 bits per heavy atom. The highest BCUT2D eigenvalue weighted by atomic mass is 35.5. The smallest absolute Gasteiger partial charge is 0.414 e. The molecule has 0 unspecified atom stereocenters. The van der Waals surface area contributed by atoms with E-state index in [1.807, 2.05) is 37.3 Å². The minimum absolute atomic E-state index is 0.0240. The van der Waals surface area contributed by atoms with E-state index in [2.05, 4.69) is 10.3 Å². The third-order valence-corrected chi connectivity index (χ3v) is 11.5. The topological polar surface area (TPSA) is 110 Å². The number of carbonyl (C=O) groups excluding carboxylic acids is 2. The Morgan fingerprint density at radius 3 is 2.74 bits per heavy atom. The summed E-state index contributed by atoms with van der Waals surface area (Å²) >= 11 is 6.49. The number of hydrogen-bond acceptors (Lipinski definition) is 7. The summed E-state index contributed by atoms with van der Waals surface area (Å²) in [6.07, 6.45) is 1.68. The van der Waals surface area contributed by atoms with Crippen LogP contribution in [0, 0.1) is 5.92 Å². The van der Waals surface area contributed by atoms with Crippen molar-refractivity contribution in [1.29, 1.82) is 0 Å². The number of ether oxygens (including phenoxy) is 2. The number of hydrogen-bond donors (Lipinski definition) is 1. The Morgan fingerprint density at radius 1 is 1.21 bits per heavy atom. The van der Waals surface area contributed by atoms with Crippen molar-refractivity contribution < 1.29 is 28.3 Å². The lowest BCUT2D eigenvalue weighted by Crippen LogP contribution is -2.45. The molecule has 4 atom stereocenters. The van der Waals surface area contributed by atoms with Crippen molar-refractivity contribution in [3.8, 4) is 0 Å². The molecule has 1 N–H and O–H groups in total. The molecule has 1 spiro atoms. The first-order chi connectivity index (χ1) is 20.5. The number of fused-ring (bicyclic) bond motifs is 2. The largest absolute Gasteiger partial charge is 0.447 e. The Kier molecular flexibility index (Phi) is 7.82. The van der Waals surface area contributed by atoms with Crippen LogP contribution in [-0.2, 0) is 39.4 Å². The second kappa shape index (κ2) is 11.3. The molecule has 2 saturated heterocycles. The SMILES string of the molecule is C[C@@H]1[C@@H]([Si](C)(C)F)[C@H](CCn2cc(CCO)nn2)O[C@@]12C(=O)N(Cc1cccc(N3CCOC3=O)c1)c1ccc(Cl)cc12. The highest BCUT2D eigenvalue weighted by molar-refractivity contribution is 6.72. The van der Waals surface area contributed by atoms with E-state index in [0.29, 0.717) is 60.2 Å². The Balaban J connectivity index is 1.33. The number of benzene rings is 2. The second-order valence-electron chi connectivity index (χ2n) is 12.0. The molecular formula is C30H35ClFN5O5Si. The molecule has 3 aliphatic rings. The van der Waals surface area contributed by atoms with Crippen molar-refractivity contribution in [2.24, 2.45) is 5.92 Å². The maximum absolute atomic E-state index is 16.1. The highest BCUT2D eigenvalue weighted by Gasteiger charge is 2.66. The Labute approximate surface area is 255 Å². The predicted octanol–water partition coefficient (Wildman–Crippen LogP) is 4.84. The lowest BCUT2D eigenvalue weighted by Gasteiger charge is -2.31. The van der Waals surface area contributed by atoms with E-state index in [-0.39, 0.29) is 19.1 Å². The van der Waals surface area contributed by atoms with Gasteiger partial charge in [-0.3, -0.25) is 14.4 Å². The molecule has 13 heteroatoms. The van der Waals surface area contributed by atoms with Gasteiger partial charge >= 0.3 is 6.09 Å². The maximum Gasteiger partial charge on any atom is 0.414 e. The van der Waals surface area contributed by atoms with Crippen LogP contribution in [0.15, 0.2) is 48.7 Å². The number of aryl methyl sites for hydroxylation is 1. The van der Waals surface area contributed by atoms with Crippen molar-refractivity contribution in [3.05, 3.63) is 70.5 Å². The molecule has 2 fully saturated rings. The molecule has 43 heavy (non-hydrogen) atoms. The number of carbonyl (C=O) groups is 2. The Bertz CT molecular complexity index is 1550.